The number of hydrogen-bond donors (Lipinski definition) is 1. The van der Waals surface area contributed by atoms with E-state index >= 15 is 0 Å². The first-order chi connectivity index (χ1) is 37.2. The lowest BCUT2D eigenvalue weighted by Gasteiger charge is -2.26. The van der Waals surface area contributed by atoms with E-state index in [1.165, 1.54) is 49.1 Å². The molecule has 9 aromatic carbocycles. The molecule has 0 atom stereocenters. The van der Waals surface area contributed by atoms with Crippen LogP contribution in [-0.2, 0) is 34.9 Å². The Morgan fingerprint density at radius 3 is 0.821 bits per heavy atom. The van der Waals surface area contributed by atoms with Crippen LogP contribution in [0.4, 0.5) is 0 Å². The fourth-order valence-corrected chi connectivity index (χ4v) is 11.3. The standard InChI is InChI=1S/C29H28O4S.C14H14O3S.C13H12O4S.C7H8O/c1-21-5-17-27(18-6-21)34(30,31)28-19-15-26(16-20-28)33-25-13-9-23(10-14-25)29(2,3)22-7-11-24(32-4)12-8-22;1-11-3-7-13(8-4-11)18(15,16)14-9-5-12(17-2)6-10-14;1-17-11-4-8-13(9-5-11)18(15,16)12-6-2-10(14)3-7-12;1-8-7-5-3-2-4-6-7/h5-20H,1-4H3;3-10H,1-2H3;2-9,14H,1H3;2-6H,1H3. The summed E-state index contributed by atoms with van der Waals surface area (Å²) in [5.41, 5.74) is 4.21. The van der Waals surface area contributed by atoms with Crippen LogP contribution in [0.25, 0.3) is 0 Å². The van der Waals surface area contributed by atoms with Crippen molar-refractivity contribution in [3.63, 3.8) is 0 Å². The summed E-state index contributed by atoms with van der Waals surface area (Å²) in [7, 11) is -4.16. The zero-order valence-corrected chi connectivity index (χ0v) is 47.0. The van der Waals surface area contributed by atoms with E-state index in [0.717, 1.165) is 28.2 Å². The third-order valence-corrected chi connectivity index (χ3v) is 17.6. The molecular weight excluding hydrogens is 1040 g/mol. The van der Waals surface area contributed by atoms with Crippen LogP contribution in [0, 0.1) is 13.8 Å². The molecule has 0 aliphatic carbocycles. The Kier molecular flexibility index (Phi) is 20.1. The predicted molar refractivity (Wildman–Crippen MR) is 304 cm³/mol. The van der Waals surface area contributed by atoms with Crippen LogP contribution in [0.2, 0.25) is 0 Å². The molecule has 0 aliphatic heterocycles. The highest BCUT2D eigenvalue weighted by Crippen LogP contribution is 2.35. The maximum Gasteiger partial charge on any atom is 0.206 e. The largest absolute Gasteiger partial charge is 0.508 e. The molecule has 0 radical (unpaired) electrons. The molecule has 0 saturated heterocycles. The highest BCUT2D eigenvalue weighted by atomic mass is 32.2. The Morgan fingerprint density at radius 1 is 0.308 bits per heavy atom. The quantitative estimate of drug-likeness (QED) is 0.110. The predicted octanol–water partition coefficient (Wildman–Crippen LogP) is 13.7. The van der Waals surface area contributed by atoms with Crippen LogP contribution < -0.4 is 23.7 Å². The number of hydrogen-bond acceptors (Lipinski definition) is 12. The van der Waals surface area contributed by atoms with E-state index in [1.54, 1.807) is 131 Å². The van der Waals surface area contributed by atoms with Gasteiger partial charge in [0.2, 0.25) is 29.5 Å². The first-order valence-corrected chi connectivity index (χ1v) is 28.7. The van der Waals surface area contributed by atoms with Gasteiger partial charge >= 0.3 is 0 Å². The number of aromatic hydroxyl groups is 1. The number of benzene rings is 9. The van der Waals surface area contributed by atoms with Gasteiger partial charge in [-0.1, -0.05) is 91.7 Å². The minimum absolute atomic E-state index is 0.0312. The van der Waals surface area contributed by atoms with Crippen molar-refractivity contribution in [1.82, 2.24) is 0 Å². The Labute approximate surface area is 458 Å². The van der Waals surface area contributed by atoms with E-state index in [4.69, 9.17) is 28.8 Å². The summed E-state index contributed by atoms with van der Waals surface area (Å²) >= 11 is 0. The molecule has 0 bridgehead atoms. The SMILES string of the molecule is COc1ccc(C(C)(C)c2ccc(Oc3ccc(S(=O)(=O)c4ccc(C)cc4)cc3)cc2)cc1.COc1ccc(S(=O)(=O)c2ccc(C)cc2)cc1.COc1ccc(S(=O)(=O)c2ccc(O)cc2)cc1.COc1ccccc1. The lowest BCUT2D eigenvalue weighted by atomic mass is 9.78. The van der Waals surface area contributed by atoms with Crippen molar-refractivity contribution >= 4 is 29.5 Å². The van der Waals surface area contributed by atoms with Crippen LogP contribution in [0.15, 0.2) is 254 Å². The van der Waals surface area contributed by atoms with E-state index in [9.17, 15) is 25.3 Å². The minimum Gasteiger partial charge on any atom is -0.508 e. The van der Waals surface area contributed by atoms with E-state index in [0.29, 0.717) is 27.9 Å². The Morgan fingerprint density at radius 2 is 0.538 bits per heavy atom. The molecule has 0 amide bonds. The van der Waals surface area contributed by atoms with Crippen LogP contribution in [0.3, 0.4) is 0 Å². The zero-order valence-electron chi connectivity index (χ0n) is 44.5. The summed E-state index contributed by atoms with van der Waals surface area (Å²) in [6, 6.07) is 63.9. The van der Waals surface area contributed by atoms with Gasteiger partial charge in [0.05, 0.1) is 57.8 Å². The number of para-hydroxylation sites is 1. The lowest BCUT2D eigenvalue weighted by Crippen LogP contribution is -2.18. The molecule has 404 valence electrons. The maximum absolute atomic E-state index is 12.9. The molecule has 0 fully saturated rings. The summed E-state index contributed by atoms with van der Waals surface area (Å²) in [5.74, 6) is 4.27. The first kappa shape index (κ1) is 58.9. The van der Waals surface area contributed by atoms with Gasteiger partial charge in [-0.05, 0) is 183 Å². The highest BCUT2D eigenvalue weighted by Gasteiger charge is 2.24. The molecule has 0 saturated carbocycles. The Balaban J connectivity index is 0.000000188. The summed E-state index contributed by atoms with van der Waals surface area (Å²) in [6.07, 6.45) is 0. The molecule has 12 nitrogen and oxygen atoms in total. The molecule has 0 spiro atoms. The summed E-state index contributed by atoms with van der Waals surface area (Å²) in [5, 5.41) is 9.15. The molecule has 0 unspecified atom stereocenters. The molecule has 9 aromatic rings. The van der Waals surface area contributed by atoms with Gasteiger partial charge in [-0.2, -0.15) is 0 Å². The number of methoxy groups -OCH3 is 4. The fraction of sp³-hybridized carbons (Fsp3) is 0.143. The van der Waals surface area contributed by atoms with E-state index in [2.05, 4.69) is 38.1 Å². The fourth-order valence-electron chi connectivity index (χ4n) is 7.47. The minimum atomic E-state index is -3.56. The molecule has 0 heterocycles. The normalized spacial score (nSPS) is 11.2. The average molecular weight is 1110 g/mol. The molecule has 78 heavy (non-hydrogen) atoms. The highest BCUT2D eigenvalue weighted by molar-refractivity contribution is 7.92. The van der Waals surface area contributed by atoms with Gasteiger partial charge in [0.1, 0.15) is 40.2 Å². The van der Waals surface area contributed by atoms with Gasteiger partial charge in [0.15, 0.2) is 0 Å². The first-order valence-electron chi connectivity index (χ1n) is 24.3. The van der Waals surface area contributed by atoms with E-state index in [-0.39, 0.29) is 35.6 Å². The van der Waals surface area contributed by atoms with Crippen molar-refractivity contribution in [3.05, 3.63) is 247 Å². The van der Waals surface area contributed by atoms with E-state index < -0.39 is 29.5 Å². The average Bonchev–Trinajstić information content (AvgIpc) is 3.48. The van der Waals surface area contributed by atoms with Gasteiger partial charge < -0.3 is 28.8 Å². The van der Waals surface area contributed by atoms with Gasteiger partial charge in [-0.15, -0.1) is 0 Å². The molecule has 0 aromatic heterocycles. The van der Waals surface area contributed by atoms with Gasteiger partial charge in [0, 0.05) is 5.41 Å². The zero-order chi connectivity index (χ0) is 56.5. The summed E-state index contributed by atoms with van der Waals surface area (Å²) in [4.78, 5) is 1.42. The topological polar surface area (TPSA) is 169 Å². The molecule has 0 aliphatic rings. The van der Waals surface area contributed by atoms with Crippen LogP contribution in [-0.4, -0.2) is 58.8 Å². The van der Waals surface area contributed by atoms with E-state index in [1.807, 2.05) is 68.4 Å². The van der Waals surface area contributed by atoms with Crippen molar-refractivity contribution in [1.29, 1.82) is 0 Å². The van der Waals surface area contributed by atoms with Gasteiger partial charge in [-0.25, -0.2) is 25.3 Å². The monoisotopic (exact) mass is 1110 g/mol. The van der Waals surface area contributed by atoms with Crippen LogP contribution in [0.1, 0.15) is 36.1 Å². The summed E-state index contributed by atoms with van der Waals surface area (Å²) < 4.78 is 101. The molecular formula is C63H62O12S3. The number of ether oxygens (including phenoxy) is 5. The Hall–Kier alpha value is -8.37. The van der Waals surface area contributed by atoms with Crippen molar-refractivity contribution in [2.45, 2.75) is 62.5 Å². The third kappa shape index (κ3) is 15.4. The smallest absolute Gasteiger partial charge is 0.206 e. The molecule has 9 rings (SSSR count). The van der Waals surface area contributed by atoms with Gasteiger partial charge in [-0.3, -0.25) is 0 Å². The van der Waals surface area contributed by atoms with Crippen molar-refractivity contribution < 1.29 is 54.0 Å². The van der Waals surface area contributed by atoms with Crippen molar-refractivity contribution in [2.24, 2.45) is 0 Å². The third-order valence-electron chi connectivity index (χ3n) is 12.3. The number of phenolic OH excluding ortho intramolecular Hbond substituents is 1. The van der Waals surface area contributed by atoms with Crippen LogP contribution >= 0.6 is 0 Å². The number of phenols is 1. The summed E-state index contributed by atoms with van der Waals surface area (Å²) in [6.45, 7) is 8.20. The second-order valence-corrected chi connectivity index (χ2v) is 23.8. The maximum atomic E-state index is 12.9. The second-order valence-electron chi connectivity index (χ2n) is 17.9. The molecule has 15 heteroatoms. The lowest BCUT2D eigenvalue weighted by molar-refractivity contribution is 0.414. The van der Waals surface area contributed by atoms with Crippen LogP contribution in [0.5, 0.6) is 40.2 Å². The Bertz CT molecular complexity index is 3530. The molecule has 1 N–H and O–H groups in total. The number of rotatable bonds is 14. The van der Waals surface area contributed by atoms with Crippen molar-refractivity contribution in [2.75, 3.05) is 28.4 Å². The second kappa shape index (κ2) is 26.6. The van der Waals surface area contributed by atoms with Crippen molar-refractivity contribution in [3.8, 4) is 40.2 Å². The number of sulfone groups is 3. The number of aryl methyl sites for hydroxylation is 2. The van der Waals surface area contributed by atoms with Gasteiger partial charge in [0.25, 0.3) is 0 Å².